The van der Waals surface area contributed by atoms with Gasteiger partial charge in [-0.3, -0.25) is 19.3 Å². The molecule has 2 aliphatic heterocycles. The number of β-lactam (4-membered cyclic amide) rings is 1. The van der Waals surface area contributed by atoms with Crippen LogP contribution in [0.2, 0.25) is 0 Å². The van der Waals surface area contributed by atoms with Crippen molar-refractivity contribution in [3.8, 4) is 0 Å². The number of aliphatic carboxylic acids is 2. The van der Waals surface area contributed by atoms with Gasteiger partial charge in [-0.2, -0.15) is 13.2 Å². The number of carbonyl (C=O) groups is 5. The molecule has 0 saturated carbocycles. The van der Waals surface area contributed by atoms with Crippen molar-refractivity contribution in [2.45, 2.75) is 30.6 Å². The minimum Gasteiger partial charge on any atom is -0.542 e. The van der Waals surface area contributed by atoms with Crippen molar-refractivity contribution in [1.82, 2.24) is 10.2 Å². The van der Waals surface area contributed by atoms with Crippen molar-refractivity contribution in [1.29, 1.82) is 0 Å². The minimum absolute atomic E-state index is 0.0628. The Morgan fingerprint density at radius 2 is 1.94 bits per heavy atom. The van der Waals surface area contributed by atoms with E-state index in [1.807, 2.05) is 14.1 Å². The predicted molar refractivity (Wildman–Crippen MR) is 107 cm³/mol. The van der Waals surface area contributed by atoms with Crippen molar-refractivity contribution in [2.75, 3.05) is 26.4 Å². The number of fused-ring (bicyclic) bond motifs is 1. The lowest BCUT2D eigenvalue weighted by molar-refractivity contribution is -0.898. The first-order valence-corrected chi connectivity index (χ1v) is 10.3. The van der Waals surface area contributed by atoms with Crippen LogP contribution in [0.1, 0.15) is 6.92 Å². The first kappa shape index (κ1) is 28.0. The fourth-order valence-corrected chi connectivity index (χ4v) is 4.16. The number of alkyl halides is 3. The van der Waals surface area contributed by atoms with E-state index in [1.165, 1.54) is 16.7 Å². The molecule has 2 heterocycles. The molecule has 0 spiro atoms. The highest BCUT2D eigenvalue weighted by Crippen LogP contribution is 2.40. The van der Waals surface area contributed by atoms with Crippen LogP contribution < -0.4 is 16.2 Å². The van der Waals surface area contributed by atoms with Gasteiger partial charge in [-0.25, -0.2) is 4.79 Å². The highest BCUT2D eigenvalue weighted by molar-refractivity contribution is 8.00. The van der Waals surface area contributed by atoms with Crippen molar-refractivity contribution in [3.63, 3.8) is 0 Å². The Hall–Kier alpha value is -3.07. The zero-order valence-corrected chi connectivity index (χ0v) is 18.6. The van der Waals surface area contributed by atoms with Gasteiger partial charge in [0.2, 0.25) is 6.41 Å². The van der Waals surface area contributed by atoms with Crippen molar-refractivity contribution in [3.05, 3.63) is 23.4 Å². The quantitative estimate of drug-likeness (QED) is 0.200. The number of hydrogen-bond donors (Lipinski definition) is 3. The molecule has 0 radical (unpaired) electrons. The van der Waals surface area contributed by atoms with E-state index in [4.69, 9.17) is 15.6 Å². The maximum Gasteiger partial charge on any atom is 0.430 e. The molecule has 0 aromatic rings. The number of carbonyl (C=O) groups excluding carboxylic acids is 4. The Morgan fingerprint density at radius 1 is 1.39 bits per heavy atom. The summed E-state index contributed by atoms with van der Waals surface area (Å²) in [6.07, 6.45) is -1.29. The lowest BCUT2D eigenvalue weighted by Crippen LogP contribution is -2.69. The molecule has 4 N–H and O–H groups in total. The molecule has 1 fully saturated rings. The summed E-state index contributed by atoms with van der Waals surface area (Å²) in [5.74, 6) is -4.64. The van der Waals surface area contributed by atoms with Crippen LogP contribution in [0.15, 0.2) is 23.4 Å². The normalized spacial score (nSPS) is 21.4. The van der Waals surface area contributed by atoms with Gasteiger partial charge in [0.1, 0.15) is 23.1 Å². The highest BCUT2D eigenvalue weighted by atomic mass is 32.2. The van der Waals surface area contributed by atoms with E-state index in [0.29, 0.717) is 28.8 Å². The van der Waals surface area contributed by atoms with Crippen LogP contribution >= 0.6 is 11.8 Å². The van der Waals surface area contributed by atoms with Crippen molar-refractivity contribution in [2.24, 2.45) is 5.73 Å². The maximum atomic E-state index is 12.2. The third-order valence-corrected chi connectivity index (χ3v) is 6.34. The molecule has 11 nitrogen and oxygen atoms in total. The smallest absolute Gasteiger partial charge is 0.430 e. The number of nitrogens with one attached hydrogen (secondary N) is 1. The van der Waals surface area contributed by atoms with E-state index in [9.17, 15) is 37.5 Å². The molecule has 0 bridgehead atoms. The molecule has 3 amide bonds. The summed E-state index contributed by atoms with van der Waals surface area (Å²) in [5, 5.41) is 20.3. The van der Waals surface area contributed by atoms with E-state index in [-0.39, 0.29) is 5.70 Å². The molecule has 1 saturated heterocycles. The molecule has 2 aliphatic rings. The number of carboxylic acid groups (broad SMARTS) is 2. The van der Waals surface area contributed by atoms with Crippen LogP contribution in [0, 0.1) is 0 Å². The molecular formula is C18H23F3N4O7S. The van der Waals surface area contributed by atoms with E-state index in [2.05, 4.69) is 5.32 Å². The molecule has 0 unspecified atom stereocenters. The summed E-state index contributed by atoms with van der Waals surface area (Å²) in [6, 6.07) is -1.09. The Bertz CT molecular complexity index is 889. The molecule has 2 rings (SSSR count). The summed E-state index contributed by atoms with van der Waals surface area (Å²) >= 11 is 1.40. The lowest BCUT2D eigenvalue weighted by atomic mass is 10.0. The van der Waals surface area contributed by atoms with Crippen LogP contribution in [0.25, 0.3) is 0 Å². The van der Waals surface area contributed by atoms with Crippen molar-refractivity contribution < 1.29 is 51.8 Å². The van der Waals surface area contributed by atoms with Gasteiger partial charge in [-0.05, 0) is 18.6 Å². The topological polar surface area (TPSA) is 170 Å². The predicted octanol–water partition coefficient (Wildman–Crippen LogP) is -1.84. The summed E-state index contributed by atoms with van der Waals surface area (Å²) in [6.45, 7) is 2.20. The van der Waals surface area contributed by atoms with Gasteiger partial charge >= 0.3 is 12.1 Å². The zero-order valence-electron chi connectivity index (χ0n) is 17.8. The number of carboxylic acids is 2. The van der Waals surface area contributed by atoms with Crippen LogP contribution in [0.3, 0.4) is 0 Å². The summed E-state index contributed by atoms with van der Waals surface area (Å²) in [7, 11) is 3.71. The largest absolute Gasteiger partial charge is 0.542 e. The molecule has 15 heteroatoms. The van der Waals surface area contributed by atoms with Gasteiger partial charge in [0.05, 0.1) is 20.6 Å². The Labute approximate surface area is 190 Å². The number of thioether (sulfide) groups is 1. The summed E-state index contributed by atoms with van der Waals surface area (Å²) < 4.78 is 31.9. The van der Waals surface area contributed by atoms with Gasteiger partial charge in [0.15, 0.2) is 6.04 Å². The maximum absolute atomic E-state index is 12.2. The Balaban J connectivity index is 0.000000675. The Morgan fingerprint density at radius 3 is 2.36 bits per heavy atom. The lowest BCUT2D eigenvalue weighted by Gasteiger charge is -2.48. The molecule has 3 atom stereocenters. The number of nitrogens with zero attached hydrogens (tertiary/aromatic N) is 2. The van der Waals surface area contributed by atoms with Crippen LogP contribution in [0.5, 0.6) is 0 Å². The van der Waals surface area contributed by atoms with Gasteiger partial charge < -0.3 is 30.5 Å². The van der Waals surface area contributed by atoms with Crippen molar-refractivity contribution >= 4 is 41.9 Å². The SMILES string of the molecule is C[C@H](C(N)=O)[N+](C)(C)C/C=C/C1=C(C(=O)O)N2C(=O)[C@@H](NC=O)[C@H]2SC1.O=C([O-])C(F)(F)F. The number of hydrogen-bond acceptors (Lipinski definition) is 7. The molecule has 33 heavy (non-hydrogen) atoms. The van der Waals surface area contributed by atoms with Gasteiger partial charge in [-0.1, -0.05) is 6.08 Å². The van der Waals surface area contributed by atoms with E-state index in [1.54, 1.807) is 19.1 Å². The summed E-state index contributed by atoms with van der Waals surface area (Å²) in [4.78, 5) is 55.8. The standard InChI is InChI=1S/C16H22N4O5S.C2HF3O2/c1-9(13(17)22)20(2,3)6-4-5-10-7-26-15-11(18-8-21)14(23)19(15)12(10)16(24)25;3-2(4,5)1(6)7/h4-5,8-9,11,15H,6-7H2,1-3H3,(H3-,17,18,21,22,24,25);(H,6,7)/b5-4+;/t9-,11-,15-;/m1./s1. The zero-order chi connectivity index (χ0) is 25.7. The highest BCUT2D eigenvalue weighted by Gasteiger charge is 2.53. The molecule has 0 aromatic carbocycles. The van der Waals surface area contributed by atoms with E-state index < -0.39 is 47.4 Å². The van der Waals surface area contributed by atoms with Crippen LogP contribution in [0.4, 0.5) is 13.2 Å². The third-order valence-electron chi connectivity index (χ3n) is 5.03. The fourth-order valence-electron chi connectivity index (χ4n) is 2.83. The number of nitrogens with two attached hydrogens (primary N) is 1. The average Bonchev–Trinajstić information content (AvgIpc) is 2.70. The first-order valence-electron chi connectivity index (χ1n) is 9.23. The second-order valence-electron chi connectivity index (χ2n) is 7.58. The van der Waals surface area contributed by atoms with Gasteiger partial charge in [0.25, 0.3) is 11.8 Å². The second-order valence-corrected chi connectivity index (χ2v) is 8.68. The first-order chi connectivity index (χ1) is 15.1. The molecular weight excluding hydrogens is 473 g/mol. The average molecular weight is 496 g/mol. The molecule has 184 valence electrons. The fraction of sp³-hybridized carbons (Fsp3) is 0.500. The summed E-state index contributed by atoms with van der Waals surface area (Å²) in [5.41, 5.74) is 5.80. The third kappa shape index (κ3) is 6.71. The number of quaternary nitrogens is 1. The minimum atomic E-state index is -5.19. The monoisotopic (exact) mass is 496 g/mol. The van der Waals surface area contributed by atoms with E-state index >= 15 is 0 Å². The van der Waals surface area contributed by atoms with E-state index in [0.717, 1.165) is 0 Å². The molecule has 0 aliphatic carbocycles. The number of allylic oxidation sites excluding steroid dienone is 1. The number of rotatable bonds is 8. The number of amides is 3. The van der Waals surface area contributed by atoms with Crippen LogP contribution in [-0.4, -0.2) is 94.7 Å². The van der Waals surface area contributed by atoms with Gasteiger partial charge in [-0.15, -0.1) is 11.8 Å². The number of likely N-dealkylation sites (N-methyl/N-ethyl adjacent to an activating group) is 1. The second kappa shape index (κ2) is 10.7. The Kier molecular flexibility index (Phi) is 9.07. The van der Waals surface area contributed by atoms with Gasteiger partial charge in [0, 0.05) is 5.75 Å². The van der Waals surface area contributed by atoms with Crippen LogP contribution in [-0.2, 0) is 24.0 Å². The number of halogens is 3. The molecule has 0 aromatic heterocycles. The number of primary amides is 1.